The van der Waals surface area contributed by atoms with Crippen LogP contribution in [0.4, 0.5) is 0 Å². The quantitative estimate of drug-likeness (QED) is 0.816. The molecule has 7 heteroatoms. The van der Waals surface area contributed by atoms with E-state index < -0.39 is 0 Å². The second-order valence-corrected chi connectivity index (χ2v) is 5.96. The molecule has 1 aromatic carbocycles. The second kappa shape index (κ2) is 7.97. The minimum atomic E-state index is -0.114. The summed E-state index contributed by atoms with van der Waals surface area (Å²) in [6, 6.07) is 7.32. The first kappa shape index (κ1) is 15.8. The van der Waals surface area contributed by atoms with Crippen molar-refractivity contribution in [2.45, 2.75) is 13.0 Å². The average molecular weight is 327 g/mol. The van der Waals surface area contributed by atoms with Crippen LogP contribution in [0.5, 0.6) is 5.75 Å². The predicted molar refractivity (Wildman–Crippen MR) is 81.7 cm³/mol. The molecule has 2 rings (SSSR count). The molecular formula is C14H15ClN2O3S. The molecule has 0 atom stereocenters. The van der Waals surface area contributed by atoms with Crippen LogP contribution in [0.15, 0.2) is 30.5 Å². The van der Waals surface area contributed by atoms with Gasteiger partial charge in [-0.3, -0.25) is 4.79 Å². The van der Waals surface area contributed by atoms with Crippen LogP contribution >= 0.6 is 22.9 Å². The van der Waals surface area contributed by atoms with Crippen LogP contribution in [-0.2, 0) is 17.8 Å². The predicted octanol–water partition coefficient (Wildman–Crippen LogP) is 2.03. The minimum Gasteiger partial charge on any atom is -0.488 e. The van der Waals surface area contributed by atoms with Crippen molar-refractivity contribution in [1.82, 2.24) is 10.3 Å². The Labute approximate surface area is 131 Å². The van der Waals surface area contributed by atoms with Gasteiger partial charge in [-0.2, -0.15) is 0 Å². The van der Waals surface area contributed by atoms with Crippen LogP contribution < -0.4 is 10.1 Å². The second-order valence-electron chi connectivity index (χ2n) is 4.26. The van der Waals surface area contributed by atoms with Crippen LogP contribution in [0.2, 0.25) is 4.47 Å². The highest BCUT2D eigenvalue weighted by Crippen LogP contribution is 2.20. The number of carbonyl (C=O) groups excluding carboxylic acids is 1. The molecular weight excluding hydrogens is 312 g/mol. The van der Waals surface area contributed by atoms with E-state index in [4.69, 9.17) is 21.4 Å². The molecule has 1 heterocycles. The number of aliphatic hydroxyl groups is 1. The molecule has 0 fully saturated rings. The molecule has 21 heavy (non-hydrogen) atoms. The van der Waals surface area contributed by atoms with E-state index in [1.54, 1.807) is 6.20 Å². The van der Waals surface area contributed by atoms with E-state index in [-0.39, 0.29) is 25.5 Å². The lowest BCUT2D eigenvalue weighted by Gasteiger charge is -2.06. The molecule has 0 aliphatic rings. The fourth-order valence-electron chi connectivity index (χ4n) is 1.65. The van der Waals surface area contributed by atoms with E-state index in [0.717, 1.165) is 16.2 Å². The average Bonchev–Trinajstić information content (AvgIpc) is 2.90. The molecule has 0 spiro atoms. The number of thiazole rings is 1. The first-order valence-corrected chi connectivity index (χ1v) is 7.56. The maximum atomic E-state index is 11.5. The lowest BCUT2D eigenvalue weighted by Crippen LogP contribution is -2.27. The summed E-state index contributed by atoms with van der Waals surface area (Å²) in [6.07, 6.45) is 1.97. The molecule has 1 aromatic heterocycles. The minimum absolute atomic E-state index is 0.0554. The summed E-state index contributed by atoms with van der Waals surface area (Å²) in [7, 11) is 0. The summed E-state index contributed by atoms with van der Waals surface area (Å²) in [5.74, 6) is 0.607. The fourth-order valence-corrected chi connectivity index (χ4v) is 2.54. The van der Waals surface area contributed by atoms with Gasteiger partial charge in [-0.1, -0.05) is 23.7 Å². The molecule has 2 aromatic rings. The van der Waals surface area contributed by atoms with E-state index in [2.05, 4.69) is 10.3 Å². The molecule has 1 amide bonds. The first-order chi connectivity index (χ1) is 10.2. The van der Waals surface area contributed by atoms with E-state index >= 15 is 0 Å². The van der Waals surface area contributed by atoms with Gasteiger partial charge >= 0.3 is 0 Å². The van der Waals surface area contributed by atoms with Crippen molar-refractivity contribution in [2.75, 3.05) is 13.2 Å². The summed E-state index contributed by atoms with van der Waals surface area (Å²) >= 11 is 7.13. The van der Waals surface area contributed by atoms with Crippen LogP contribution in [0.3, 0.4) is 0 Å². The number of ether oxygens (including phenoxy) is 1. The van der Waals surface area contributed by atoms with Crippen LogP contribution in [-0.4, -0.2) is 29.1 Å². The van der Waals surface area contributed by atoms with Crippen molar-refractivity contribution in [1.29, 1.82) is 0 Å². The maximum Gasteiger partial charge on any atom is 0.224 e. The number of hydrogen-bond acceptors (Lipinski definition) is 5. The third-order valence-corrected chi connectivity index (χ3v) is 3.72. The van der Waals surface area contributed by atoms with Gasteiger partial charge in [0.05, 0.1) is 17.9 Å². The third-order valence-electron chi connectivity index (χ3n) is 2.63. The summed E-state index contributed by atoms with van der Waals surface area (Å²) in [5, 5.41) is 11.2. The standard InChI is InChI=1S/C14H15ClN2O3S/c15-14-17-8-12(21-14)9-20-11-3-1-10(2-4-11)7-13(19)16-5-6-18/h1-4,8,18H,5-7,9H2,(H,16,19). The van der Waals surface area contributed by atoms with Gasteiger partial charge in [-0.25, -0.2) is 4.98 Å². The monoisotopic (exact) mass is 326 g/mol. The van der Waals surface area contributed by atoms with Gasteiger partial charge < -0.3 is 15.2 Å². The summed E-state index contributed by atoms with van der Waals surface area (Å²) in [4.78, 5) is 16.4. The largest absolute Gasteiger partial charge is 0.488 e. The SMILES string of the molecule is O=C(Cc1ccc(OCc2cnc(Cl)s2)cc1)NCCO. The number of carbonyl (C=O) groups is 1. The molecule has 5 nitrogen and oxygen atoms in total. The zero-order chi connectivity index (χ0) is 15.1. The molecule has 0 radical (unpaired) electrons. The summed E-state index contributed by atoms with van der Waals surface area (Å²) in [6.45, 7) is 0.637. The number of hydrogen-bond donors (Lipinski definition) is 2. The maximum absolute atomic E-state index is 11.5. The van der Waals surface area contributed by atoms with Crippen LogP contribution in [0.1, 0.15) is 10.4 Å². The molecule has 2 N–H and O–H groups in total. The lowest BCUT2D eigenvalue weighted by molar-refractivity contribution is -0.120. The van der Waals surface area contributed by atoms with E-state index in [9.17, 15) is 4.79 Å². The number of nitrogens with one attached hydrogen (secondary N) is 1. The number of benzene rings is 1. The Morgan fingerprint density at radius 3 is 2.76 bits per heavy atom. The van der Waals surface area contributed by atoms with Crippen molar-refractivity contribution in [3.63, 3.8) is 0 Å². The van der Waals surface area contributed by atoms with Crippen LogP contribution in [0.25, 0.3) is 0 Å². The Bertz CT molecular complexity index is 586. The Morgan fingerprint density at radius 2 is 2.14 bits per heavy atom. The lowest BCUT2D eigenvalue weighted by atomic mass is 10.1. The number of aromatic nitrogens is 1. The van der Waals surface area contributed by atoms with E-state index in [0.29, 0.717) is 11.1 Å². The number of halogens is 1. The molecule has 0 bridgehead atoms. The van der Waals surface area contributed by atoms with Crippen LogP contribution in [0, 0.1) is 0 Å². The smallest absolute Gasteiger partial charge is 0.224 e. The highest BCUT2D eigenvalue weighted by Gasteiger charge is 2.04. The van der Waals surface area contributed by atoms with Gasteiger partial charge in [0.1, 0.15) is 12.4 Å². The Morgan fingerprint density at radius 1 is 1.38 bits per heavy atom. The Hall–Kier alpha value is -1.63. The molecule has 0 saturated carbocycles. The highest BCUT2D eigenvalue weighted by molar-refractivity contribution is 7.15. The Kier molecular flexibility index (Phi) is 5.98. The molecule has 0 saturated heterocycles. The van der Waals surface area contributed by atoms with E-state index in [1.807, 2.05) is 24.3 Å². The fraction of sp³-hybridized carbons (Fsp3) is 0.286. The first-order valence-electron chi connectivity index (χ1n) is 6.37. The zero-order valence-electron chi connectivity index (χ0n) is 11.2. The highest BCUT2D eigenvalue weighted by atomic mass is 35.5. The van der Waals surface area contributed by atoms with Gasteiger partial charge in [-0.15, -0.1) is 11.3 Å². The van der Waals surface area contributed by atoms with Gasteiger partial charge in [0.15, 0.2) is 4.47 Å². The Balaban J connectivity index is 1.82. The number of amides is 1. The molecule has 0 unspecified atom stereocenters. The summed E-state index contributed by atoms with van der Waals surface area (Å²) < 4.78 is 6.11. The topological polar surface area (TPSA) is 71.5 Å². The van der Waals surface area contributed by atoms with Crippen molar-refractivity contribution < 1.29 is 14.6 Å². The normalized spacial score (nSPS) is 10.4. The molecule has 0 aliphatic carbocycles. The third kappa shape index (κ3) is 5.34. The van der Waals surface area contributed by atoms with Crippen molar-refractivity contribution in [3.8, 4) is 5.75 Å². The van der Waals surface area contributed by atoms with Crippen molar-refractivity contribution >= 4 is 28.8 Å². The van der Waals surface area contributed by atoms with Gasteiger partial charge in [0.25, 0.3) is 0 Å². The van der Waals surface area contributed by atoms with Gasteiger partial charge in [-0.05, 0) is 17.7 Å². The zero-order valence-corrected chi connectivity index (χ0v) is 12.8. The number of aliphatic hydroxyl groups excluding tert-OH is 1. The van der Waals surface area contributed by atoms with E-state index in [1.165, 1.54) is 11.3 Å². The summed E-state index contributed by atoms with van der Waals surface area (Å²) in [5.41, 5.74) is 0.888. The van der Waals surface area contributed by atoms with Gasteiger partial charge in [0, 0.05) is 12.7 Å². The van der Waals surface area contributed by atoms with Crippen molar-refractivity contribution in [3.05, 3.63) is 45.4 Å². The molecule has 112 valence electrons. The number of rotatable bonds is 7. The van der Waals surface area contributed by atoms with Crippen molar-refractivity contribution in [2.24, 2.45) is 0 Å². The van der Waals surface area contributed by atoms with Gasteiger partial charge in [0.2, 0.25) is 5.91 Å². The molecule has 0 aliphatic heterocycles. The number of nitrogens with zero attached hydrogens (tertiary/aromatic N) is 1.